The number of benzene rings is 3. The number of aliphatic hydroxyl groups excluding tert-OH is 1. The molecular formula is C31H35Cl2N3O6S. The smallest absolute Gasteiger partial charge is 0.266 e. The number of carbonyl (C=O) groups is 1. The second kappa shape index (κ2) is 15.0. The highest BCUT2D eigenvalue weighted by Gasteiger charge is 2.54. The number of hydrogen-bond acceptors (Lipinski definition) is 8. The Morgan fingerprint density at radius 2 is 1.81 bits per heavy atom. The van der Waals surface area contributed by atoms with Gasteiger partial charge in [-0.05, 0) is 55.0 Å². The van der Waals surface area contributed by atoms with Gasteiger partial charge < -0.3 is 14.6 Å². The van der Waals surface area contributed by atoms with Gasteiger partial charge >= 0.3 is 0 Å². The van der Waals surface area contributed by atoms with Crippen molar-refractivity contribution in [3.05, 3.63) is 94.0 Å². The fourth-order valence-corrected chi connectivity index (χ4v) is 6.51. The molecule has 3 N–H and O–H groups in total. The lowest BCUT2D eigenvalue weighted by Crippen LogP contribution is -2.53. The summed E-state index contributed by atoms with van der Waals surface area (Å²) in [6.07, 6.45) is 0.974. The Balaban J connectivity index is 1.76. The molecule has 1 heterocycles. The van der Waals surface area contributed by atoms with Crippen molar-refractivity contribution in [1.29, 1.82) is 0 Å². The Hall–Kier alpha value is -3.15. The van der Waals surface area contributed by atoms with Gasteiger partial charge in [-0.15, -0.1) is 0 Å². The maximum atomic E-state index is 14.1. The largest absolute Gasteiger partial charge is 0.494 e. The summed E-state index contributed by atoms with van der Waals surface area (Å²) in [5.41, 5.74) is 4.97. The topological polar surface area (TPSA) is 126 Å². The lowest BCUT2D eigenvalue weighted by Gasteiger charge is -2.31. The number of amides is 1. The van der Waals surface area contributed by atoms with Gasteiger partial charge in [-0.3, -0.25) is 10.2 Å². The highest BCUT2D eigenvalue weighted by Crippen LogP contribution is 2.45. The van der Waals surface area contributed by atoms with Crippen LogP contribution < -0.4 is 15.6 Å². The van der Waals surface area contributed by atoms with E-state index in [1.54, 1.807) is 60.7 Å². The molecule has 3 aromatic carbocycles. The molecule has 12 heteroatoms. The number of rotatable bonds is 15. The number of aliphatic imine (C=N–C) groups is 1. The van der Waals surface area contributed by atoms with Crippen molar-refractivity contribution in [1.82, 2.24) is 10.9 Å². The van der Waals surface area contributed by atoms with E-state index in [1.165, 1.54) is 12.1 Å². The van der Waals surface area contributed by atoms with Gasteiger partial charge in [-0.2, -0.15) is 0 Å². The number of hydrogen-bond donors (Lipinski definition) is 3. The zero-order chi connectivity index (χ0) is 30.9. The van der Waals surface area contributed by atoms with Crippen LogP contribution in [0.5, 0.6) is 5.75 Å². The van der Waals surface area contributed by atoms with Crippen LogP contribution in [0.1, 0.15) is 49.8 Å². The van der Waals surface area contributed by atoms with Crippen LogP contribution in [-0.2, 0) is 19.4 Å². The summed E-state index contributed by atoms with van der Waals surface area (Å²) < 4.78 is 38.8. The second-order valence-corrected chi connectivity index (χ2v) is 13.0. The SMILES string of the molecule is CCCCNNC(=O)[C@@]1(CCS(=O)(=O)c2ccccc2)N=C(c2ccc(OCCCO)cc2)O[C@H]1c1ccc(Cl)cc1Cl. The molecule has 0 radical (unpaired) electrons. The summed E-state index contributed by atoms with van der Waals surface area (Å²) in [4.78, 5) is 19.0. The van der Waals surface area contributed by atoms with Crippen LogP contribution in [0.2, 0.25) is 10.0 Å². The molecule has 3 aromatic rings. The molecule has 0 unspecified atom stereocenters. The molecule has 43 heavy (non-hydrogen) atoms. The van der Waals surface area contributed by atoms with Crippen molar-refractivity contribution >= 4 is 44.8 Å². The summed E-state index contributed by atoms with van der Waals surface area (Å²) in [5, 5.41) is 9.66. The summed E-state index contributed by atoms with van der Waals surface area (Å²) in [6, 6.07) is 19.8. The van der Waals surface area contributed by atoms with E-state index >= 15 is 0 Å². The summed E-state index contributed by atoms with van der Waals surface area (Å²) in [5.74, 6) is -0.189. The molecule has 0 bridgehead atoms. The van der Waals surface area contributed by atoms with Crippen LogP contribution in [0.15, 0.2) is 82.7 Å². The molecule has 0 saturated heterocycles. The van der Waals surface area contributed by atoms with Gasteiger partial charge in [-0.25, -0.2) is 18.8 Å². The molecule has 0 fully saturated rings. The number of aliphatic hydroxyl groups is 1. The number of sulfone groups is 1. The van der Waals surface area contributed by atoms with Crippen LogP contribution in [0.25, 0.3) is 0 Å². The number of nitrogens with zero attached hydrogens (tertiary/aromatic N) is 1. The molecule has 1 aliphatic heterocycles. The van der Waals surface area contributed by atoms with Gasteiger partial charge in [0.05, 0.1) is 17.3 Å². The fourth-order valence-electron chi connectivity index (χ4n) is 4.61. The van der Waals surface area contributed by atoms with Crippen molar-refractivity contribution in [2.75, 3.05) is 25.5 Å². The normalized spacial score (nSPS) is 18.1. The van der Waals surface area contributed by atoms with E-state index in [-0.39, 0.29) is 34.6 Å². The Morgan fingerprint density at radius 1 is 1.07 bits per heavy atom. The van der Waals surface area contributed by atoms with Gasteiger partial charge in [0, 0.05) is 47.2 Å². The average Bonchev–Trinajstić information content (AvgIpc) is 3.40. The highest BCUT2D eigenvalue weighted by atomic mass is 35.5. The predicted molar refractivity (Wildman–Crippen MR) is 167 cm³/mol. The van der Waals surface area contributed by atoms with Crippen molar-refractivity contribution < 1.29 is 27.8 Å². The molecule has 0 aromatic heterocycles. The quantitative estimate of drug-likeness (QED) is 0.151. The molecule has 1 amide bonds. The van der Waals surface area contributed by atoms with E-state index in [2.05, 4.69) is 10.9 Å². The van der Waals surface area contributed by atoms with E-state index in [9.17, 15) is 13.2 Å². The maximum Gasteiger partial charge on any atom is 0.266 e. The number of carbonyl (C=O) groups excluding carboxylic acids is 1. The lowest BCUT2D eigenvalue weighted by atomic mass is 9.85. The Bertz CT molecular complexity index is 1520. The minimum atomic E-state index is -3.78. The molecule has 0 aliphatic carbocycles. The summed E-state index contributed by atoms with van der Waals surface area (Å²) in [6.45, 7) is 2.92. The van der Waals surface area contributed by atoms with Crippen LogP contribution in [0.3, 0.4) is 0 Å². The van der Waals surface area contributed by atoms with Gasteiger partial charge in [0.2, 0.25) is 5.90 Å². The Kier molecular flexibility index (Phi) is 11.5. The number of ether oxygens (including phenoxy) is 2. The van der Waals surface area contributed by atoms with Gasteiger partial charge in [0.25, 0.3) is 5.91 Å². The molecule has 4 rings (SSSR count). The van der Waals surface area contributed by atoms with Crippen molar-refractivity contribution in [2.24, 2.45) is 4.99 Å². The van der Waals surface area contributed by atoms with Crippen molar-refractivity contribution in [2.45, 2.75) is 49.1 Å². The lowest BCUT2D eigenvalue weighted by molar-refractivity contribution is -0.130. The fraction of sp³-hybridized carbons (Fsp3) is 0.355. The van der Waals surface area contributed by atoms with Crippen molar-refractivity contribution in [3.63, 3.8) is 0 Å². The molecule has 0 spiro atoms. The first-order valence-corrected chi connectivity index (χ1v) is 16.5. The van der Waals surface area contributed by atoms with Gasteiger partial charge in [0.15, 0.2) is 21.5 Å². The van der Waals surface area contributed by atoms with E-state index in [0.717, 1.165) is 12.8 Å². The van der Waals surface area contributed by atoms with E-state index in [4.69, 9.17) is 42.8 Å². The molecule has 230 valence electrons. The molecule has 9 nitrogen and oxygen atoms in total. The zero-order valence-corrected chi connectivity index (χ0v) is 26.1. The average molecular weight is 649 g/mol. The van der Waals surface area contributed by atoms with E-state index in [0.29, 0.717) is 41.5 Å². The minimum Gasteiger partial charge on any atom is -0.494 e. The first-order valence-electron chi connectivity index (χ1n) is 14.1. The number of unbranched alkanes of at least 4 members (excludes halogenated alkanes) is 1. The van der Waals surface area contributed by atoms with E-state index in [1.807, 2.05) is 6.92 Å². The zero-order valence-electron chi connectivity index (χ0n) is 23.8. The Labute approximate surface area is 262 Å². The van der Waals surface area contributed by atoms with Gasteiger partial charge in [0.1, 0.15) is 5.75 Å². The molecule has 0 saturated carbocycles. The summed E-state index contributed by atoms with van der Waals surface area (Å²) in [7, 11) is -3.78. The third-order valence-electron chi connectivity index (χ3n) is 6.99. The van der Waals surface area contributed by atoms with Crippen LogP contribution in [-0.4, -0.2) is 56.4 Å². The van der Waals surface area contributed by atoms with E-state index < -0.39 is 27.4 Å². The predicted octanol–water partition coefficient (Wildman–Crippen LogP) is 5.30. The van der Waals surface area contributed by atoms with Crippen LogP contribution >= 0.6 is 23.2 Å². The van der Waals surface area contributed by atoms with Crippen LogP contribution in [0, 0.1) is 0 Å². The first kappa shape index (κ1) is 32.8. The number of hydrazine groups is 1. The van der Waals surface area contributed by atoms with Gasteiger partial charge in [-0.1, -0.05) is 60.8 Å². The standard InChI is InChI=1S/C31H35Cl2N3O6S/c1-2-3-17-34-36-30(38)31(16-20-43(39,40)25-8-5-4-6-9-25)28(26-15-12-23(32)21-27(26)33)42-29(35-31)22-10-13-24(14-11-22)41-19-7-18-37/h4-6,8-15,21,28,34,37H,2-3,7,16-20H2,1H3,(H,36,38)/t28-,31-/m0/s1. The van der Waals surface area contributed by atoms with Crippen LogP contribution in [0.4, 0.5) is 0 Å². The maximum absolute atomic E-state index is 14.1. The summed E-state index contributed by atoms with van der Waals surface area (Å²) >= 11 is 12.8. The highest BCUT2D eigenvalue weighted by molar-refractivity contribution is 7.91. The number of halogens is 2. The third kappa shape index (κ3) is 8.07. The third-order valence-corrected chi connectivity index (χ3v) is 9.28. The van der Waals surface area contributed by atoms with Crippen molar-refractivity contribution in [3.8, 4) is 5.75 Å². The molecule has 2 atom stereocenters. The number of nitrogens with one attached hydrogen (secondary N) is 2. The minimum absolute atomic E-state index is 0.0226. The molecular weight excluding hydrogens is 613 g/mol. The Morgan fingerprint density at radius 3 is 2.49 bits per heavy atom. The second-order valence-electron chi connectivity index (χ2n) is 10.1. The first-order chi connectivity index (χ1) is 20.7. The monoisotopic (exact) mass is 647 g/mol. The molecule has 1 aliphatic rings.